The highest BCUT2D eigenvalue weighted by atomic mass is 35.5. The molecule has 3 nitrogen and oxygen atoms in total. The number of amides is 1. The monoisotopic (exact) mass is 258 g/mol. The van der Waals surface area contributed by atoms with E-state index in [0.717, 1.165) is 5.56 Å². The van der Waals surface area contributed by atoms with Gasteiger partial charge in [0.25, 0.3) is 0 Å². The molecule has 0 aliphatic heterocycles. The SMILES string of the molecule is CNNC(=O)CCCc1cc(F)c(C)cc1Cl. The molecule has 5 heteroatoms. The minimum Gasteiger partial charge on any atom is -0.292 e. The average Bonchev–Trinajstić information content (AvgIpc) is 2.26. The minimum absolute atomic E-state index is 0.0868. The molecule has 0 saturated carbocycles. The van der Waals surface area contributed by atoms with Crippen molar-refractivity contribution in [2.75, 3.05) is 7.05 Å². The van der Waals surface area contributed by atoms with E-state index < -0.39 is 0 Å². The fraction of sp³-hybridized carbons (Fsp3) is 0.417. The van der Waals surface area contributed by atoms with E-state index in [9.17, 15) is 9.18 Å². The van der Waals surface area contributed by atoms with Gasteiger partial charge in [-0.2, -0.15) is 0 Å². The number of rotatable bonds is 5. The van der Waals surface area contributed by atoms with Gasteiger partial charge in [-0.05, 0) is 43.0 Å². The van der Waals surface area contributed by atoms with Crippen molar-refractivity contribution < 1.29 is 9.18 Å². The molecule has 0 aliphatic carbocycles. The molecule has 1 aromatic rings. The van der Waals surface area contributed by atoms with E-state index >= 15 is 0 Å². The van der Waals surface area contributed by atoms with E-state index in [-0.39, 0.29) is 11.7 Å². The van der Waals surface area contributed by atoms with Crippen molar-refractivity contribution in [2.45, 2.75) is 26.2 Å². The third-order valence-electron chi connectivity index (χ3n) is 2.44. The standard InChI is InChI=1S/C12H16ClFN2O/c1-8-6-10(13)9(7-11(8)14)4-3-5-12(17)16-15-2/h6-7,15H,3-5H2,1-2H3,(H,16,17). The number of aryl methyl sites for hydroxylation is 2. The summed E-state index contributed by atoms with van der Waals surface area (Å²) in [5, 5.41) is 0.554. The lowest BCUT2D eigenvalue weighted by atomic mass is 10.1. The molecule has 2 N–H and O–H groups in total. The van der Waals surface area contributed by atoms with Crippen molar-refractivity contribution in [2.24, 2.45) is 0 Å². The van der Waals surface area contributed by atoms with Crippen LogP contribution in [0.4, 0.5) is 4.39 Å². The van der Waals surface area contributed by atoms with Crippen LogP contribution in [0.3, 0.4) is 0 Å². The highest BCUT2D eigenvalue weighted by molar-refractivity contribution is 6.31. The third kappa shape index (κ3) is 4.32. The van der Waals surface area contributed by atoms with Crippen LogP contribution in [0.15, 0.2) is 12.1 Å². The van der Waals surface area contributed by atoms with Gasteiger partial charge in [-0.25, -0.2) is 9.82 Å². The Kier molecular flexibility index (Phi) is 5.38. The summed E-state index contributed by atoms with van der Waals surface area (Å²) >= 11 is 6.00. The Bertz CT molecular complexity index is 410. The first-order chi connectivity index (χ1) is 8.04. The van der Waals surface area contributed by atoms with Gasteiger partial charge < -0.3 is 0 Å². The number of hydrogen-bond donors (Lipinski definition) is 2. The van der Waals surface area contributed by atoms with Gasteiger partial charge in [-0.15, -0.1) is 0 Å². The summed E-state index contributed by atoms with van der Waals surface area (Å²) in [7, 11) is 1.63. The normalized spacial score (nSPS) is 10.4. The lowest BCUT2D eigenvalue weighted by molar-refractivity contribution is -0.122. The molecule has 0 spiro atoms. The van der Waals surface area contributed by atoms with Gasteiger partial charge in [0.2, 0.25) is 5.91 Å². The summed E-state index contributed by atoms with van der Waals surface area (Å²) in [4.78, 5) is 11.2. The number of carbonyl (C=O) groups excluding carboxylic acids is 1. The number of hydrogen-bond acceptors (Lipinski definition) is 2. The molecular weight excluding hydrogens is 243 g/mol. The van der Waals surface area contributed by atoms with Crippen LogP contribution < -0.4 is 10.9 Å². The molecule has 94 valence electrons. The molecule has 0 aliphatic rings. The van der Waals surface area contributed by atoms with E-state index in [1.54, 1.807) is 20.0 Å². The molecular formula is C12H16ClFN2O. The Balaban J connectivity index is 2.52. The van der Waals surface area contributed by atoms with Crippen molar-refractivity contribution in [3.8, 4) is 0 Å². The van der Waals surface area contributed by atoms with E-state index in [1.165, 1.54) is 6.07 Å². The molecule has 1 amide bonds. The second kappa shape index (κ2) is 6.57. The molecule has 1 rings (SSSR count). The molecule has 17 heavy (non-hydrogen) atoms. The summed E-state index contributed by atoms with van der Waals surface area (Å²) in [5.74, 6) is -0.347. The van der Waals surface area contributed by atoms with E-state index in [1.807, 2.05) is 0 Å². The third-order valence-corrected chi connectivity index (χ3v) is 2.79. The van der Waals surface area contributed by atoms with Crippen LogP contribution in [0.5, 0.6) is 0 Å². The molecule has 0 bridgehead atoms. The zero-order valence-electron chi connectivity index (χ0n) is 9.94. The molecule has 0 aromatic heterocycles. The molecule has 0 fully saturated rings. The van der Waals surface area contributed by atoms with Crippen LogP contribution in [0.25, 0.3) is 0 Å². The fourth-order valence-corrected chi connectivity index (χ4v) is 1.83. The first-order valence-electron chi connectivity index (χ1n) is 5.44. The van der Waals surface area contributed by atoms with E-state index in [0.29, 0.717) is 29.8 Å². The Hall–Kier alpha value is -1.13. The fourth-order valence-electron chi connectivity index (χ4n) is 1.52. The number of carbonyl (C=O) groups is 1. The Labute approximate surface area is 105 Å². The summed E-state index contributed by atoms with van der Waals surface area (Å²) in [5.41, 5.74) is 6.31. The van der Waals surface area contributed by atoms with Crippen LogP contribution in [0.1, 0.15) is 24.0 Å². The van der Waals surface area contributed by atoms with E-state index in [2.05, 4.69) is 10.9 Å². The van der Waals surface area contributed by atoms with Crippen LogP contribution in [0.2, 0.25) is 5.02 Å². The largest absolute Gasteiger partial charge is 0.292 e. The van der Waals surface area contributed by atoms with Crippen LogP contribution in [0, 0.1) is 12.7 Å². The molecule has 0 unspecified atom stereocenters. The average molecular weight is 259 g/mol. The highest BCUT2D eigenvalue weighted by Gasteiger charge is 2.07. The minimum atomic E-state index is -0.260. The number of hydrazine groups is 1. The smallest absolute Gasteiger partial charge is 0.234 e. The van der Waals surface area contributed by atoms with Crippen molar-refractivity contribution in [1.29, 1.82) is 0 Å². The lowest BCUT2D eigenvalue weighted by Gasteiger charge is -2.07. The maximum absolute atomic E-state index is 13.3. The summed E-state index contributed by atoms with van der Waals surface area (Å²) in [6.45, 7) is 1.67. The molecule has 0 saturated heterocycles. The zero-order valence-corrected chi connectivity index (χ0v) is 10.7. The molecule has 0 radical (unpaired) electrons. The van der Waals surface area contributed by atoms with Gasteiger partial charge in [0, 0.05) is 18.5 Å². The first-order valence-corrected chi connectivity index (χ1v) is 5.82. The van der Waals surface area contributed by atoms with Crippen molar-refractivity contribution in [3.05, 3.63) is 34.1 Å². The quantitative estimate of drug-likeness (QED) is 0.796. The summed E-state index contributed by atoms with van der Waals surface area (Å²) < 4.78 is 13.3. The van der Waals surface area contributed by atoms with Gasteiger partial charge in [-0.1, -0.05) is 11.6 Å². The predicted molar refractivity (Wildman–Crippen MR) is 66.3 cm³/mol. The molecule has 1 aromatic carbocycles. The Morgan fingerprint density at radius 2 is 2.18 bits per heavy atom. The van der Waals surface area contributed by atoms with Gasteiger partial charge >= 0.3 is 0 Å². The van der Waals surface area contributed by atoms with E-state index in [4.69, 9.17) is 11.6 Å². The zero-order chi connectivity index (χ0) is 12.8. The maximum Gasteiger partial charge on any atom is 0.234 e. The summed E-state index contributed by atoms with van der Waals surface area (Å²) in [6.07, 6.45) is 1.61. The predicted octanol–water partition coefficient (Wildman–Crippen LogP) is 2.36. The van der Waals surface area contributed by atoms with Gasteiger partial charge in [0.15, 0.2) is 0 Å². The van der Waals surface area contributed by atoms with Crippen molar-refractivity contribution >= 4 is 17.5 Å². The second-order valence-electron chi connectivity index (χ2n) is 3.84. The van der Waals surface area contributed by atoms with Gasteiger partial charge in [0.1, 0.15) is 5.82 Å². The lowest BCUT2D eigenvalue weighted by Crippen LogP contribution is -2.33. The van der Waals surface area contributed by atoms with Crippen LogP contribution in [-0.4, -0.2) is 13.0 Å². The van der Waals surface area contributed by atoms with Gasteiger partial charge in [0.05, 0.1) is 0 Å². The molecule has 0 atom stereocenters. The number of benzene rings is 1. The summed E-state index contributed by atoms with van der Waals surface area (Å²) in [6, 6.07) is 3.05. The van der Waals surface area contributed by atoms with Crippen LogP contribution in [-0.2, 0) is 11.2 Å². The highest BCUT2D eigenvalue weighted by Crippen LogP contribution is 2.22. The topological polar surface area (TPSA) is 41.1 Å². The van der Waals surface area contributed by atoms with Crippen molar-refractivity contribution in [3.63, 3.8) is 0 Å². The van der Waals surface area contributed by atoms with Gasteiger partial charge in [-0.3, -0.25) is 10.2 Å². The first kappa shape index (κ1) is 13.9. The molecule has 0 heterocycles. The Morgan fingerprint density at radius 1 is 1.47 bits per heavy atom. The number of nitrogens with one attached hydrogen (secondary N) is 2. The maximum atomic E-state index is 13.3. The van der Waals surface area contributed by atoms with Crippen molar-refractivity contribution in [1.82, 2.24) is 10.9 Å². The second-order valence-corrected chi connectivity index (χ2v) is 4.25. The van der Waals surface area contributed by atoms with Crippen LogP contribution >= 0.6 is 11.6 Å². The Morgan fingerprint density at radius 3 is 2.82 bits per heavy atom. The number of halogens is 2.